The van der Waals surface area contributed by atoms with Crippen molar-refractivity contribution in [2.24, 2.45) is 0 Å². The van der Waals surface area contributed by atoms with E-state index in [2.05, 4.69) is 0 Å². The third-order valence-corrected chi connectivity index (χ3v) is 6.33. The minimum absolute atomic E-state index is 0.0780. The number of fused-ring (bicyclic) bond motifs is 1. The zero-order valence-corrected chi connectivity index (χ0v) is 18.4. The van der Waals surface area contributed by atoms with Gasteiger partial charge in [0.25, 0.3) is 5.91 Å². The average molecular weight is 462 g/mol. The maximum absolute atomic E-state index is 15.1. The zero-order chi connectivity index (χ0) is 23.2. The third-order valence-electron chi connectivity index (χ3n) is 6.07. The Hall–Kier alpha value is -2.93. The van der Waals surface area contributed by atoms with E-state index in [0.717, 1.165) is 36.3 Å². The van der Waals surface area contributed by atoms with Crippen molar-refractivity contribution in [3.8, 4) is 5.75 Å². The largest absolute Gasteiger partial charge is 0.503 e. The second-order valence-electron chi connectivity index (χ2n) is 8.13. The molecule has 1 fully saturated rings. The van der Waals surface area contributed by atoms with E-state index in [1.54, 1.807) is 13.8 Å². The van der Waals surface area contributed by atoms with Crippen LogP contribution in [0, 0.1) is 18.6 Å². The van der Waals surface area contributed by atoms with Crippen LogP contribution in [0.3, 0.4) is 0 Å². The van der Waals surface area contributed by atoms with Crippen LogP contribution in [0.15, 0.2) is 30.3 Å². The van der Waals surface area contributed by atoms with Gasteiger partial charge in [-0.3, -0.25) is 14.2 Å². The van der Waals surface area contributed by atoms with Gasteiger partial charge in [-0.05, 0) is 69.4 Å². The fraction of sp³-hybridized carbons (Fsp3) is 0.333. The Morgan fingerprint density at radius 2 is 1.81 bits per heavy atom. The number of ether oxygens (including phenoxy) is 1. The van der Waals surface area contributed by atoms with E-state index in [-0.39, 0.29) is 33.8 Å². The average Bonchev–Trinajstić information content (AvgIpc) is 3.37. The topological polar surface area (TPSA) is 68.5 Å². The molecule has 3 aromatic rings. The molecule has 1 atom stereocenters. The predicted molar refractivity (Wildman–Crippen MR) is 116 cm³/mol. The van der Waals surface area contributed by atoms with Crippen LogP contribution in [0.2, 0.25) is 5.02 Å². The first kappa shape index (κ1) is 22.3. The van der Waals surface area contributed by atoms with Crippen LogP contribution in [0.5, 0.6) is 5.75 Å². The van der Waals surface area contributed by atoms with Gasteiger partial charge in [0.05, 0.1) is 11.4 Å². The van der Waals surface area contributed by atoms with Gasteiger partial charge in [-0.25, -0.2) is 8.78 Å². The van der Waals surface area contributed by atoms with Crippen LogP contribution in [0.1, 0.15) is 60.1 Å². The van der Waals surface area contributed by atoms with Crippen molar-refractivity contribution in [3.05, 3.63) is 63.8 Å². The number of esters is 1. The Kier molecular flexibility index (Phi) is 5.95. The van der Waals surface area contributed by atoms with Gasteiger partial charge < -0.3 is 9.84 Å². The molecule has 1 aliphatic carbocycles. The number of aromatic hydroxyl groups is 1. The van der Waals surface area contributed by atoms with Crippen LogP contribution in [0.25, 0.3) is 10.9 Å². The molecule has 168 valence electrons. The summed E-state index contributed by atoms with van der Waals surface area (Å²) in [6.07, 6.45) is 3.30. The van der Waals surface area contributed by atoms with Gasteiger partial charge in [0.15, 0.2) is 17.4 Å². The summed E-state index contributed by atoms with van der Waals surface area (Å²) < 4.78 is 36.1. The van der Waals surface area contributed by atoms with Crippen molar-refractivity contribution >= 4 is 34.4 Å². The van der Waals surface area contributed by atoms with Crippen molar-refractivity contribution in [2.45, 2.75) is 51.6 Å². The first-order chi connectivity index (χ1) is 15.2. The lowest BCUT2D eigenvalue weighted by Gasteiger charge is -2.17. The number of rotatable bonds is 4. The molecule has 5 nitrogen and oxygen atoms in total. The minimum Gasteiger partial charge on any atom is -0.503 e. The van der Waals surface area contributed by atoms with E-state index < -0.39 is 35.2 Å². The summed E-state index contributed by atoms with van der Waals surface area (Å²) in [6.45, 7) is 3.10. The van der Waals surface area contributed by atoms with Crippen molar-refractivity contribution in [1.29, 1.82) is 0 Å². The molecule has 4 rings (SSSR count). The molecule has 0 saturated heterocycles. The molecule has 0 spiro atoms. The van der Waals surface area contributed by atoms with Crippen molar-refractivity contribution in [1.82, 2.24) is 4.57 Å². The molecular weight excluding hydrogens is 440 g/mol. The summed E-state index contributed by atoms with van der Waals surface area (Å²) in [7, 11) is 0. The van der Waals surface area contributed by atoms with Crippen molar-refractivity contribution in [3.63, 3.8) is 0 Å². The van der Waals surface area contributed by atoms with E-state index in [1.807, 2.05) is 0 Å². The third kappa shape index (κ3) is 3.75. The predicted octanol–water partition coefficient (Wildman–Crippen LogP) is 5.86. The Labute approximate surface area is 188 Å². The van der Waals surface area contributed by atoms with Crippen LogP contribution in [-0.2, 0) is 9.53 Å². The number of phenolic OH excluding ortho intramolecular Hbond substituents is 1. The molecule has 0 radical (unpaired) electrons. The summed E-state index contributed by atoms with van der Waals surface area (Å²) in [5, 5.41) is 10.1. The number of hydrogen-bond donors (Lipinski definition) is 1. The molecule has 1 aliphatic rings. The molecular formula is C24H22ClF2NO4. The molecule has 1 aromatic heterocycles. The molecule has 8 heteroatoms. The maximum Gasteiger partial charge on any atom is 0.313 e. The van der Waals surface area contributed by atoms with Gasteiger partial charge in [0.1, 0.15) is 6.10 Å². The standard InChI is InChI=1S/C24H22ClF2NO4/c1-12(24(31)32-16-5-3-4-6-16)19-13(2)28(23(30)14-7-9-15(25)10-8-14)18-11-17(26)22(29)21(27)20(18)19/h7-12,16,29H,3-6H2,1-2H3. The van der Waals surface area contributed by atoms with E-state index in [1.165, 1.54) is 24.3 Å². The summed E-state index contributed by atoms with van der Waals surface area (Å²) in [6, 6.07) is 6.96. The maximum atomic E-state index is 15.1. The highest BCUT2D eigenvalue weighted by Crippen LogP contribution is 2.39. The van der Waals surface area contributed by atoms with Crippen LogP contribution >= 0.6 is 11.6 Å². The summed E-state index contributed by atoms with van der Waals surface area (Å²) in [5.74, 6) is -5.62. The monoisotopic (exact) mass is 461 g/mol. The van der Waals surface area contributed by atoms with E-state index in [4.69, 9.17) is 16.3 Å². The second kappa shape index (κ2) is 8.54. The zero-order valence-electron chi connectivity index (χ0n) is 17.6. The van der Waals surface area contributed by atoms with Crippen molar-refractivity contribution < 1.29 is 28.2 Å². The number of hydrogen-bond acceptors (Lipinski definition) is 4. The van der Waals surface area contributed by atoms with Gasteiger partial charge in [0, 0.05) is 27.7 Å². The van der Waals surface area contributed by atoms with Crippen LogP contribution in [-0.4, -0.2) is 27.7 Å². The quantitative estimate of drug-likeness (QED) is 0.494. The molecule has 1 heterocycles. The van der Waals surface area contributed by atoms with E-state index in [0.29, 0.717) is 5.02 Å². The Bertz CT molecular complexity index is 1210. The van der Waals surface area contributed by atoms with Gasteiger partial charge in [-0.15, -0.1) is 0 Å². The normalized spacial score (nSPS) is 15.3. The lowest BCUT2D eigenvalue weighted by atomic mass is 9.97. The number of halogens is 3. The van der Waals surface area contributed by atoms with Crippen LogP contribution < -0.4 is 0 Å². The summed E-state index contributed by atoms with van der Waals surface area (Å²) in [4.78, 5) is 26.1. The molecule has 0 bridgehead atoms. The van der Waals surface area contributed by atoms with E-state index >= 15 is 4.39 Å². The summed E-state index contributed by atoms with van der Waals surface area (Å²) in [5.41, 5.74) is 0.611. The second-order valence-corrected chi connectivity index (χ2v) is 8.56. The van der Waals surface area contributed by atoms with Gasteiger partial charge in [-0.2, -0.15) is 0 Å². The Morgan fingerprint density at radius 1 is 1.19 bits per heavy atom. The smallest absolute Gasteiger partial charge is 0.313 e. The molecule has 1 unspecified atom stereocenters. The van der Waals surface area contributed by atoms with Gasteiger partial charge in [0.2, 0.25) is 0 Å². The van der Waals surface area contributed by atoms with E-state index in [9.17, 15) is 19.1 Å². The lowest BCUT2D eigenvalue weighted by molar-refractivity contribution is -0.150. The molecule has 1 saturated carbocycles. The molecule has 0 aliphatic heterocycles. The van der Waals surface area contributed by atoms with Gasteiger partial charge in [-0.1, -0.05) is 11.6 Å². The number of phenols is 1. The Balaban J connectivity index is 1.88. The highest BCUT2D eigenvalue weighted by molar-refractivity contribution is 6.30. The molecule has 2 aromatic carbocycles. The number of aromatic nitrogens is 1. The van der Waals surface area contributed by atoms with Crippen LogP contribution in [0.4, 0.5) is 8.78 Å². The number of nitrogens with zero attached hydrogens (tertiary/aromatic N) is 1. The fourth-order valence-corrected chi connectivity index (χ4v) is 4.54. The lowest BCUT2D eigenvalue weighted by Crippen LogP contribution is -2.20. The number of carbonyl (C=O) groups excluding carboxylic acids is 2. The Morgan fingerprint density at radius 3 is 2.44 bits per heavy atom. The van der Waals surface area contributed by atoms with Crippen molar-refractivity contribution in [2.75, 3.05) is 0 Å². The highest BCUT2D eigenvalue weighted by atomic mass is 35.5. The minimum atomic E-state index is -1.22. The molecule has 32 heavy (non-hydrogen) atoms. The fourth-order valence-electron chi connectivity index (χ4n) is 4.41. The molecule has 1 N–H and O–H groups in total. The van der Waals surface area contributed by atoms with Gasteiger partial charge >= 0.3 is 5.97 Å². The molecule has 0 amide bonds. The SMILES string of the molecule is Cc1c(C(C)C(=O)OC2CCCC2)c2c(F)c(O)c(F)cc2n1C(=O)c1ccc(Cl)cc1. The first-order valence-corrected chi connectivity index (χ1v) is 10.8. The summed E-state index contributed by atoms with van der Waals surface area (Å²) >= 11 is 5.90. The number of carbonyl (C=O) groups is 2. The number of benzene rings is 2. The highest BCUT2D eigenvalue weighted by Gasteiger charge is 2.32. The first-order valence-electron chi connectivity index (χ1n) is 10.4.